The fraction of sp³-hybridized carbons (Fsp3) is 0.800. The number of carbonyl (C=O) groups excluding carboxylic acids is 2. The number of primary amides is 1. The molecule has 0 aromatic carbocycles. The van der Waals surface area contributed by atoms with Gasteiger partial charge in [-0.2, -0.15) is 0 Å². The summed E-state index contributed by atoms with van der Waals surface area (Å²) in [5, 5.41) is 0. The van der Waals surface area contributed by atoms with Crippen molar-refractivity contribution in [3.05, 3.63) is 0 Å². The number of nitrogens with zero attached hydrogens (tertiary/aromatic N) is 1. The van der Waals surface area contributed by atoms with Gasteiger partial charge in [-0.15, -0.1) is 0 Å². The molecule has 0 aliphatic rings. The molecule has 4 N–H and O–H groups in total. The number of amides is 2. The molecule has 2 amide bonds. The lowest BCUT2D eigenvalue weighted by Gasteiger charge is -2.22. The molecule has 0 heterocycles. The van der Waals surface area contributed by atoms with Crippen LogP contribution in [-0.4, -0.2) is 35.8 Å². The van der Waals surface area contributed by atoms with Crippen LogP contribution in [0.2, 0.25) is 0 Å². The molecule has 88 valence electrons. The highest BCUT2D eigenvalue weighted by atomic mass is 16.2. The first-order chi connectivity index (χ1) is 6.88. The summed E-state index contributed by atoms with van der Waals surface area (Å²) in [6, 6.07) is -0.167. The Bertz CT molecular complexity index is 229. The Morgan fingerprint density at radius 2 is 1.87 bits per heavy atom. The van der Waals surface area contributed by atoms with Crippen molar-refractivity contribution in [3.8, 4) is 0 Å². The molecule has 0 aliphatic heterocycles. The molecule has 1 atom stereocenters. The summed E-state index contributed by atoms with van der Waals surface area (Å²) in [4.78, 5) is 23.8. The Morgan fingerprint density at radius 3 is 2.20 bits per heavy atom. The zero-order chi connectivity index (χ0) is 12.0. The second kappa shape index (κ2) is 6.40. The van der Waals surface area contributed by atoms with Crippen molar-refractivity contribution >= 4 is 11.8 Å². The van der Waals surface area contributed by atoms with Crippen LogP contribution in [0, 0.1) is 5.92 Å². The molecule has 0 spiro atoms. The molecule has 0 fully saturated rings. The third-order valence-corrected chi connectivity index (χ3v) is 2.35. The van der Waals surface area contributed by atoms with Gasteiger partial charge in [0, 0.05) is 19.0 Å². The van der Waals surface area contributed by atoms with Crippen molar-refractivity contribution in [1.29, 1.82) is 0 Å². The lowest BCUT2D eigenvalue weighted by atomic mass is 10.0. The quantitative estimate of drug-likeness (QED) is 0.637. The summed E-state index contributed by atoms with van der Waals surface area (Å²) in [6.07, 6.45) is 0.263. The van der Waals surface area contributed by atoms with Gasteiger partial charge in [-0.1, -0.05) is 13.8 Å². The molecule has 0 bridgehead atoms. The molecule has 0 aromatic rings. The molecule has 5 nitrogen and oxygen atoms in total. The van der Waals surface area contributed by atoms with Gasteiger partial charge < -0.3 is 16.4 Å². The van der Waals surface area contributed by atoms with Crippen LogP contribution in [0.3, 0.4) is 0 Å². The summed E-state index contributed by atoms with van der Waals surface area (Å²) in [7, 11) is 0. The fourth-order valence-electron chi connectivity index (χ4n) is 1.13. The molecule has 15 heavy (non-hydrogen) atoms. The first-order valence-corrected chi connectivity index (χ1v) is 5.20. The first kappa shape index (κ1) is 13.9. The van der Waals surface area contributed by atoms with Crippen LogP contribution in [0.25, 0.3) is 0 Å². The van der Waals surface area contributed by atoms with Crippen molar-refractivity contribution in [2.24, 2.45) is 17.4 Å². The van der Waals surface area contributed by atoms with Crippen molar-refractivity contribution in [3.63, 3.8) is 0 Å². The summed E-state index contributed by atoms with van der Waals surface area (Å²) in [5.41, 5.74) is 10.8. The van der Waals surface area contributed by atoms with Gasteiger partial charge in [-0.25, -0.2) is 0 Å². The van der Waals surface area contributed by atoms with E-state index in [4.69, 9.17) is 11.5 Å². The Balaban J connectivity index is 4.21. The lowest BCUT2D eigenvalue weighted by molar-refractivity contribution is -0.135. The molecule has 0 saturated carbocycles. The predicted octanol–water partition coefficient (Wildman–Crippen LogP) is -0.306. The number of rotatable bonds is 6. The van der Waals surface area contributed by atoms with Crippen LogP contribution in [0.1, 0.15) is 27.2 Å². The zero-order valence-corrected chi connectivity index (χ0v) is 9.69. The largest absolute Gasteiger partial charge is 0.368 e. The summed E-state index contributed by atoms with van der Waals surface area (Å²) < 4.78 is 0. The number of likely N-dealkylation sites (N-methyl/N-ethyl adjacent to an activating group) is 1. The van der Waals surface area contributed by atoms with E-state index in [0.717, 1.165) is 0 Å². The number of hydrogen-bond donors (Lipinski definition) is 2. The number of hydrogen-bond acceptors (Lipinski definition) is 3. The molecule has 0 radical (unpaired) electrons. The summed E-state index contributed by atoms with van der Waals surface area (Å²) in [6.45, 7) is 6.18. The van der Waals surface area contributed by atoms with Crippen LogP contribution >= 0.6 is 0 Å². The van der Waals surface area contributed by atoms with E-state index < -0.39 is 5.91 Å². The SMILES string of the molecule is CCN(CC(N)=O)C(=O)CC(N)C(C)C. The normalized spacial score (nSPS) is 12.6. The second-order valence-corrected chi connectivity index (χ2v) is 3.99. The highest BCUT2D eigenvalue weighted by Crippen LogP contribution is 2.05. The number of carbonyl (C=O) groups is 2. The summed E-state index contributed by atoms with van der Waals surface area (Å²) in [5.74, 6) is -0.359. The van der Waals surface area contributed by atoms with Crippen LogP contribution in [0.4, 0.5) is 0 Å². The maximum Gasteiger partial charge on any atom is 0.237 e. The van der Waals surface area contributed by atoms with E-state index in [1.165, 1.54) is 4.90 Å². The Morgan fingerprint density at radius 1 is 1.33 bits per heavy atom. The Hall–Kier alpha value is -1.10. The fourth-order valence-corrected chi connectivity index (χ4v) is 1.13. The van der Waals surface area contributed by atoms with Crippen LogP contribution < -0.4 is 11.5 Å². The lowest BCUT2D eigenvalue weighted by Crippen LogP contribution is -2.41. The molecule has 0 rings (SSSR count). The van der Waals surface area contributed by atoms with E-state index in [1.54, 1.807) is 0 Å². The van der Waals surface area contributed by atoms with Crippen LogP contribution in [-0.2, 0) is 9.59 Å². The minimum Gasteiger partial charge on any atom is -0.368 e. The van der Waals surface area contributed by atoms with Gasteiger partial charge in [-0.05, 0) is 12.8 Å². The Kier molecular flexibility index (Phi) is 5.93. The molecule has 0 saturated heterocycles. The third-order valence-electron chi connectivity index (χ3n) is 2.35. The van der Waals surface area contributed by atoms with Crippen molar-refractivity contribution < 1.29 is 9.59 Å². The average molecular weight is 215 g/mol. The van der Waals surface area contributed by atoms with Crippen molar-refractivity contribution in [1.82, 2.24) is 4.90 Å². The standard InChI is InChI=1S/C10H21N3O2/c1-4-13(6-9(12)14)10(15)5-8(11)7(2)3/h7-8H,4-6,11H2,1-3H3,(H2,12,14). The molecular formula is C10H21N3O2. The van der Waals surface area contributed by atoms with Gasteiger partial charge in [0.2, 0.25) is 11.8 Å². The minimum absolute atomic E-state index is 0.0276. The minimum atomic E-state index is -0.497. The average Bonchev–Trinajstić information content (AvgIpc) is 2.13. The number of nitrogens with two attached hydrogens (primary N) is 2. The van der Waals surface area contributed by atoms with Gasteiger partial charge in [0.1, 0.15) is 0 Å². The Labute approximate surface area is 90.8 Å². The van der Waals surface area contributed by atoms with E-state index in [2.05, 4.69) is 0 Å². The molecule has 0 aromatic heterocycles. The zero-order valence-electron chi connectivity index (χ0n) is 9.69. The van der Waals surface area contributed by atoms with Gasteiger partial charge in [0.15, 0.2) is 0 Å². The molecule has 1 unspecified atom stereocenters. The predicted molar refractivity (Wildman–Crippen MR) is 58.9 cm³/mol. The van der Waals surface area contributed by atoms with Gasteiger partial charge in [-0.3, -0.25) is 9.59 Å². The third kappa shape index (κ3) is 5.37. The van der Waals surface area contributed by atoms with Gasteiger partial charge in [0.05, 0.1) is 6.54 Å². The van der Waals surface area contributed by atoms with E-state index in [0.29, 0.717) is 6.54 Å². The van der Waals surface area contributed by atoms with E-state index in [1.807, 2.05) is 20.8 Å². The van der Waals surface area contributed by atoms with E-state index >= 15 is 0 Å². The smallest absolute Gasteiger partial charge is 0.237 e. The van der Waals surface area contributed by atoms with Gasteiger partial charge in [0.25, 0.3) is 0 Å². The molecule has 5 heteroatoms. The highest BCUT2D eigenvalue weighted by molar-refractivity contribution is 5.84. The van der Waals surface area contributed by atoms with Crippen molar-refractivity contribution in [2.45, 2.75) is 33.2 Å². The van der Waals surface area contributed by atoms with Crippen LogP contribution in [0.5, 0.6) is 0 Å². The maximum atomic E-state index is 11.7. The monoisotopic (exact) mass is 215 g/mol. The van der Waals surface area contributed by atoms with Gasteiger partial charge >= 0.3 is 0 Å². The summed E-state index contributed by atoms with van der Waals surface area (Å²) >= 11 is 0. The van der Waals surface area contributed by atoms with E-state index in [-0.39, 0.29) is 30.8 Å². The first-order valence-electron chi connectivity index (χ1n) is 5.20. The second-order valence-electron chi connectivity index (χ2n) is 3.99. The maximum absolute atomic E-state index is 11.7. The van der Waals surface area contributed by atoms with Crippen molar-refractivity contribution in [2.75, 3.05) is 13.1 Å². The highest BCUT2D eigenvalue weighted by Gasteiger charge is 2.18. The molecular weight excluding hydrogens is 194 g/mol. The van der Waals surface area contributed by atoms with E-state index in [9.17, 15) is 9.59 Å². The van der Waals surface area contributed by atoms with Crippen LogP contribution in [0.15, 0.2) is 0 Å². The molecule has 0 aliphatic carbocycles. The topological polar surface area (TPSA) is 89.4 Å².